The predicted octanol–water partition coefficient (Wildman–Crippen LogP) is 1.63. The van der Waals surface area contributed by atoms with Gasteiger partial charge in [-0.05, 0) is 29.8 Å². The maximum absolute atomic E-state index is 12.5. The SMILES string of the molecule is COCCNCCNC(=O)c1cccc(CS(=O)(=O)c2ccccc2)c1. The highest BCUT2D eigenvalue weighted by Crippen LogP contribution is 2.17. The Balaban J connectivity index is 1.94. The molecule has 0 fully saturated rings. The zero-order chi connectivity index (χ0) is 18.8. The second-order valence-electron chi connectivity index (χ2n) is 5.77. The predicted molar refractivity (Wildman–Crippen MR) is 101 cm³/mol. The van der Waals surface area contributed by atoms with Crippen LogP contribution in [0.5, 0.6) is 0 Å². The maximum Gasteiger partial charge on any atom is 0.251 e. The number of methoxy groups -OCH3 is 1. The van der Waals surface area contributed by atoms with Crippen LogP contribution in [0.15, 0.2) is 59.5 Å². The smallest absolute Gasteiger partial charge is 0.251 e. The molecule has 0 radical (unpaired) electrons. The Hall–Kier alpha value is -2.22. The van der Waals surface area contributed by atoms with Gasteiger partial charge in [-0.15, -0.1) is 0 Å². The van der Waals surface area contributed by atoms with Crippen molar-refractivity contribution < 1.29 is 17.9 Å². The quantitative estimate of drug-likeness (QED) is 0.616. The topological polar surface area (TPSA) is 84.5 Å². The van der Waals surface area contributed by atoms with Crippen LogP contribution in [-0.4, -0.2) is 47.7 Å². The van der Waals surface area contributed by atoms with Crippen molar-refractivity contribution in [1.29, 1.82) is 0 Å². The first kappa shape index (κ1) is 20.1. The number of nitrogens with one attached hydrogen (secondary N) is 2. The Labute approximate surface area is 154 Å². The molecule has 2 aromatic carbocycles. The zero-order valence-electron chi connectivity index (χ0n) is 14.8. The van der Waals surface area contributed by atoms with Crippen LogP contribution in [0.2, 0.25) is 0 Å². The highest BCUT2D eigenvalue weighted by atomic mass is 32.2. The lowest BCUT2D eigenvalue weighted by Crippen LogP contribution is -2.33. The van der Waals surface area contributed by atoms with E-state index >= 15 is 0 Å². The monoisotopic (exact) mass is 376 g/mol. The highest BCUT2D eigenvalue weighted by Gasteiger charge is 2.15. The number of rotatable bonds is 10. The maximum atomic E-state index is 12.5. The fourth-order valence-corrected chi connectivity index (χ4v) is 3.76. The number of benzene rings is 2. The Morgan fingerprint density at radius 1 is 1.00 bits per heavy atom. The molecule has 0 aliphatic carbocycles. The van der Waals surface area contributed by atoms with Crippen LogP contribution in [0.1, 0.15) is 15.9 Å². The first-order chi connectivity index (χ1) is 12.5. The number of hydrogen-bond acceptors (Lipinski definition) is 5. The average Bonchev–Trinajstić information content (AvgIpc) is 2.65. The van der Waals surface area contributed by atoms with Gasteiger partial charge < -0.3 is 15.4 Å². The molecule has 7 heteroatoms. The summed E-state index contributed by atoms with van der Waals surface area (Å²) in [6, 6.07) is 15.0. The molecular formula is C19H24N2O4S. The first-order valence-corrected chi connectivity index (χ1v) is 10.0. The number of amides is 1. The summed E-state index contributed by atoms with van der Waals surface area (Å²) >= 11 is 0. The zero-order valence-corrected chi connectivity index (χ0v) is 15.6. The number of ether oxygens (including phenoxy) is 1. The lowest BCUT2D eigenvalue weighted by Gasteiger charge is -2.09. The fraction of sp³-hybridized carbons (Fsp3) is 0.316. The molecule has 0 aliphatic heterocycles. The molecule has 2 N–H and O–H groups in total. The molecule has 0 atom stereocenters. The van der Waals surface area contributed by atoms with Gasteiger partial charge in [0.25, 0.3) is 5.91 Å². The van der Waals surface area contributed by atoms with E-state index in [1.54, 1.807) is 61.7 Å². The molecule has 26 heavy (non-hydrogen) atoms. The summed E-state index contributed by atoms with van der Waals surface area (Å²) in [6.45, 7) is 2.46. The molecule has 0 unspecified atom stereocenters. The Morgan fingerprint density at radius 3 is 2.50 bits per heavy atom. The molecule has 2 rings (SSSR count). The minimum atomic E-state index is -3.44. The van der Waals surface area contributed by atoms with Crippen LogP contribution >= 0.6 is 0 Å². The number of sulfone groups is 1. The van der Waals surface area contributed by atoms with Gasteiger partial charge in [0, 0.05) is 32.3 Å². The molecule has 0 saturated heterocycles. The van der Waals surface area contributed by atoms with Crippen molar-refractivity contribution in [3.8, 4) is 0 Å². The van der Waals surface area contributed by atoms with Crippen LogP contribution in [0.4, 0.5) is 0 Å². The summed E-state index contributed by atoms with van der Waals surface area (Å²) in [5.41, 5.74) is 1.03. The van der Waals surface area contributed by atoms with Crippen LogP contribution in [0, 0.1) is 0 Å². The molecule has 140 valence electrons. The fourth-order valence-electron chi connectivity index (χ4n) is 2.40. The second kappa shape index (κ2) is 10.1. The summed E-state index contributed by atoms with van der Waals surface area (Å²) in [5, 5.41) is 5.94. The lowest BCUT2D eigenvalue weighted by atomic mass is 10.1. The minimum Gasteiger partial charge on any atom is -0.383 e. The Kier molecular flexibility index (Phi) is 7.77. The van der Waals surface area contributed by atoms with Crippen molar-refractivity contribution in [3.63, 3.8) is 0 Å². The molecule has 0 heterocycles. The van der Waals surface area contributed by atoms with Crippen molar-refractivity contribution in [1.82, 2.24) is 10.6 Å². The molecule has 2 aromatic rings. The van der Waals surface area contributed by atoms with E-state index in [1.807, 2.05) is 0 Å². The van der Waals surface area contributed by atoms with E-state index in [0.29, 0.717) is 30.8 Å². The summed E-state index contributed by atoms with van der Waals surface area (Å²) in [4.78, 5) is 12.5. The molecule has 0 bridgehead atoms. The van der Waals surface area contributed by atoms with Gasteiger partial charge in [0.15, 0.2) is 9.84 Å². The summed E-state index contributed by atoms with van der Waals surface area (Å²) in [5.74, 6) is -0.367. The molecule has 1 amide bonds. The number of hydrogen-bond donors (Lipinski definition) is 2. The molecule has 6 nitrogen and oxygen atoms in total. The Morgan fingerprint density at radius 2 is 1.77 bits per heavy atom. The van der Waals surface area contributed by atoms with Crippen molar-refractivity contribution >= 4 is 15.7 Å². The van der Waals surface area contributed by atoms with E-state index in [1.165, 1.54) is 0 Å². The van der Waals surface area contributed by atoms with Gasteiger partial charge in [0.2, 0.25) is 0 Å². The third-order valence-electron chi connectivity index (χ3n) is 3.72. The third-order valence-corrected chi connectivity index (χ3v) is 5.42. The second-order valence-corrected chi connectivity index (χ2v) is 7.76. The van der Waals surface area contributed by atoms with Crippen molar-refractivity contribution in [3.05, 3.63) is 65.7 Å². The van der Waals surface area contributed by atoms with E-state index in [4.69, 9.17) is 4.74 Å². The largest absolute Gasteiger partial charge is 0.383 e. The van der Waals surface area contributed by atoms with Crippen LogP contribution in [-0.2, 0) is 20.3 Å². The molecular weight excluding hydrogens is 352 g/mol. The van der Waals surface area contributed by atoms with E-state index in [9.17, 15) is 13.2 Å². The standard InChI is InChI=1S/C19H24N2O4S/c1-25-13-12-20-10-11-21-19(22)17-7-5-6-16(14-17)15-26(23,24)18-8-3-2-4-9-18/h2-9,14,20H,10-13,15H2,1H3,(H,21,22). The van der Waals surface area contributed by atoms with Gasteiger partial charge in [-0.2, -0.15) is 0 Å². The van der Waals surface area contributed by atoms with Gasteiger partial charge in [0.05, 0.1) is 17.3 Å². The van der Waals surface area contributed by atoms with Crippen molar-refractivity contribution in [2.24, 2.45) is 0 Å². The molecule has 0 aliphatic rings. The summed E-state index contributed by atoms with van der Waals surface area (Å²) in [7, 11) is -1.81. The molecule has 0 aromatic heterocycles. The van der Waals surface area contributed by atoms with Gasteiger partial charge >= 0.3 is 0 Å². The Bertz CT molecular complexity index is 807. The summed E-state index contributed by atoms with van der Waals surface area (Å²) in [6.07, 6.45) is 0. The lowest BCUT2D eigenvalue weighted by molar-refractivity contribution is 0.0953. The molecule has 0 saturated carbocycles. The average molecular weight is 376 g/mol. The van der Waals surface area contributed by atoms with Crippen molar-refractivity contribution in [2.75, 3.05) is 33.4 Å². The summed E-state index contributed by atoms with van der Waals surface area (Å²) < 4.78 is 29.8. The van der Waals surface area contributed by atoms with Gasteiger partial charge in [-0.25, -0.2) is 8.42 Å². The van der Waals surface area contributed by atoms with Crippen LogP contribution < -0.4 is 10.6 Å². The van der Waals surface area contributed by atoms with E-state index in [-0.39, 0.29) is 16.6 Å². The van der Waals surface area contributed by atoms with E-state index < -0.39 is 9.84 Å². The van der Waals surface area contributed by atoms with Crippen LogP contribution in [0.3, 0.4) is 0 Å². The highest BCUT2D eigenvalue weighted by molar-refractivity contribution is 7.90. The van der Waals surface area contributed by atoms with Crippen LogP contribution in [0.25, 0.3) is 0 Å². The number of carbonyl (C=O) groups excluding carboxylic acids is 1. The van der Waals surface area contributed by atoms with Gasteiger partial charge in [0.1, 0.15) is 0 Å². The van der Waals surface area contributed by atoms with E-state index in [0.717, 1.165) is 6.54 Å². The molecule has 0 spiro atoms. The normalized spacial score (nSPS) is 11.3. The van der Waals surface area contributed by atoms with Crippen molar-refractivity contribution in [2.45, 2.75) is 10.6 Å². The van der Waals surface area contributed by atoms with Gasteiger partial charge in [-0.1, -0.05) is 30.3 Å². The van der Waals surface area contributed by atoms with Gasteiger partial charge in [-0.3, -0.25) is 4.79 Å². The minimum absolute atomic E-state index is 0.142. The number of carbonyl (C=O) groups is 1. The third kappa shape index (κ3) is 6.25. The first-order valence-electron chi connectivity index (χ1n) is 8.37. The van der Waals surface area contributed by atoms with E-state index in [2.05, 4.69) is 10.6 Å².